The summed E-state index contributed by atoms with van der Waals surface area (Å²) < 4.78 is 4.60. The van der Waals surface area contributed by atoms with Crippen LogP contribution in [0.4, 0.5) is 4.79 Å². The number of carbonyl (C=O) groups is 1. The number of phenols is 1. The Kier molecular flexibility index (Phi) is 3.20. The Bertz CT molecular complexity index is 524. The Labute approximate surface area is 101 Å². The summed E-state index contributed by atoms with van der Waals surface area (Å²) in [6, 6.07) is 6.59. The Morgan fingerprint density at radius 2 is 2.06 bits per heavy atom. The molecule has 0 spiro atoms. The van der Waals surface area contributed by atoms with E-state index in [4.69, 9.17) is 10.8 Å². The van der Waals surface area contributed by atoms with Gasteiger partial charge in [-0.15, -0.1) is 10.2 Å². The minimum atomic E-state index is -0.841. The van der Waals surface area contributed by atoms with Crippen molar-refractivity contribution in [1.82, 2.24) is 10.2 Å². The molecule has 3 N–H and O–H groups in total. The molecule has 1 aromatic carbocycles. The maximum Gasteiger partial charge on any atom is 0.404 e. The zero-order chi connectivity index (χ0) is 12.3. The maximum absolute atomic E-state index is 10.4. The quantitative estimate of drug-likeness (QED) is 0.861. The largest absolute Gasteiger partial charge is 0.508 e. The molecule has 0 aliphatic carbocycles. The van der Waals surface area contributed by atoms with Gasteiger partial charge in [0, 0.05) is 5.56 Å². The molecule has 7 heteroatoms. The van der Waals surface area contributed by atoms with E-state index >= 15 is 0 Å². The fourth-order valence-corrected chi connectivity index (χ4v) is 1.92. The molecule has 0 aliphatic rings. The van der Waals surface area contributed by atoms with Crippen LogP contribution < -0.4 is 5.73 Å². The number of phenolic OH excluding ortho intramolecular Hbond substituents is 1. The van der Waals surface area contributed by atoms with Crippen molar-refractivity contribution >= 4 is 17.4 Å². The second-order valence-corrected chi connectivity index (χ2v) is 4.22. The zero-order valence-electron chi connectivity index (χ0n) is 8.66. The minimum absolute atomic E-state index is 0.0189. The van der Waals surface area contributed by atoms with E-state index < -0.39 is 6.09 Å². The third kappa shape index (κ3) is 2.91. The molecule has 0 saturated heterocycles. The van der Waals surface area contributed by atoms with Gasteiger partial charge in [-0.2, -0.15) is 0 Å². The number of rotatable bonds is 3. The second kappa shape index (κ2) is 4.79. The van der Waals surface area contributed by atoms with Gasteiger partial charge in [0.05, 0.1) is 0 Å². The molecule has 0 atom stereocenters. The summed E-state index contributed by atoms with van der Waals surface area (Å²) in [4.78, 5) is 10.4. The first-order valence-corrected chi connectivity index (χ1v) is 5.51. The molecule has 0 unspecified atom stereocenters. The molecule has 1 aromatic heterocycles. The Morgan fingerprint density at radius 3 is 2.71 bits per heavy atom. The van der Waals surface area contributed by atoms with Gasteiger partial charge in [-0.1, -0.05) is 11.3 Å². The molecular formula is C10H9N3O3S. The van der Waals surface area contributed by atoms with Crippen molar-refractivity contribution < 1.29 is 14.6 Å². The molecule has 2 rings (SSSR count). The lowest BCUT2D eigenvalue weighted by molar-refractivity contribution is 0.150. The SMILES string of the molecule is NC(=O)OCc1nnc(-c2ccc(O)cc2)s1. The summed E-state index contributed by atoms with van der Waals surface area (Å²) in [5.74, 6) is 0.190. The molecule has 0 aliphatic heterocycles. The normalized spacial score (nSPS) is 10.1. The van der Waals surface area contributed by atoms with Gasteiger partial charge < -0.3 is 15.6 Å². The molecule has 88 valence electrons. The van der Waals surface area contributed by atoms with Crippen molar-refractivity contribution in [3.8, 4) is 16.3 Å². The summed E-state index contributed by atoms with van der Waals surface area (Å²) in [7, 11) is 0. The van der Waals surface area contributed by atoms with Crippen molar-refractivity contribution in [2.45, 2.75) is 6.61 Å². The first-order chi connectivity index (χ1) is 8.15. The van der Waals surface area contributed by atoms with E-state index in [1.165, 1.54) is 11.3 Å². The number of ether oxygens (including phenoxy) is 1. The maximum atomic E-state index is 10.4. The smallest absolute Gasteiger partial charge is 0.404 e. The summed E-state index contributed by atoms with van der Waals surface area (Å²) in [6.07, 6.45) is -0.841. The number of nitrogens with two attached hydrogens (primary N) is 1. The standard InChI is InChI=1S/C10H9N3O3S/c11-10(15)16-5-8-12-13-9(17-8)6-1-3-7(14)4-2-6/h1-4,14H,5H2,(H2,11,15). The monoisotopic (exact) mass is 251 g/mol. The van der Waals surface area contributed by atoms with Crippen molar-refractivity contribution in [2.75, 3.05) is 0 Å². The van der Waals surface area contributed by atoms with Crippen molar-refractivity contribution in [2.24, 2.45) is 5.73 Å². The molecule has 6 nitrogen and oxygen atoms in total. The molecule has 0 fully saturated rings. The molecular weight excluding hydrogens is 242 g/mol. The lowest BCUT2D eigenvalue weighted by atomic mass is 10.2. The van der Waals surface area contributed by atoms with Gasteiger partial charge in [0.1, 0.15) is 17.4 Å². The number of aromatic hydroxyl groups is 1. The van der Waals surface area contributed by atoms with E-state index in [2.05, 4.69) is 14.9 Å². The number of carbonyl (C=O) groups excluding carboxylic acids is 1. The number of aromatic nitrogens is 2. The van der Waals surface area contributed by atoms with Crippen LogP contribution >= 0.6 is 11.3 Å². The van der Waals surface area contributed by atoms with Crippen molar-refractivity contribution in [3.05, 3.63) is 29.3 Å². The number of nitrogens with zero attached hydrogens (tertiary/aromatic N) is 2. The van der Waals surface area contributed by atoms with Crippen LogP contribution in [0.15, 0.2) is 24.3 Å². The van der Waals surface area contributed by atoms with Crippen LogP contribution in [0.2, 0.25) is 0 Å². The Morgan fingerprint density at radius 1 is 1.35 bits per heavy atom. The highest BCUT2D eigenvalue weighted by Crippen LogP contribution is 2.25. The van der Waals surface area contributed by atoms with Gasteiger partial charge >= 0.3 is 6.09 Å². The molecule has 1 heterocycles. The van der Waals surface area contributed by atoms with Crippen molar-refractivity contribution in [1.29, 1.82) is 0 Å². The average molecular weight is 251 g/mol. The zero-order valence-corrected chi connectivity index (χ0v) is 9.48. The van der Waals surface area contributed by atoms with E-state index in [1.807, 2.05) is 0 Å². The first-order valence-electron chi connectivity index (χ1n) is 4.69. The number of benzene rings is 1. The highest BCUT2D eigenvalue weighted by Gasteiger charge is 2.07. The predicted octanol–water partition coefficient (Wildman–Crippen LogP) is 1.51. The van der Waals surface area contributed by atoms with Gasteiger partial charge in [0.15, 0.2) is 5.01 Å². The van der Waals surface area contributed by atoms with Crippen LogP contribution in [0, 0.1) is 0 Å². The number of primary amides is 1. The van der Waals surface area contributed by atoms with Crippen LogP contribution in [0.3, 0.4) is 0 Å². The lowest BCUT2D eigenvalue weighted by Gasteiger charge is -1.95. The van der Waals surface area contributed by atoms with Gasteiger partial charge in [0.25, 0.3) is 0 Å². The average Bonchev–Trinajstić information content (AvgIpc) is 2.76. The number of hydrogen-bond donors (Lipinski definition) is 2. The van der Waals surface area contributed by atoms with Crippen LogP contribution in [-0.4, -0.2) is 21.4 Å². The summed E-state index contributed by atoms with van der Waals surface area (Å²) in [6.45, 7) is 0.0189. The Balaban J connectivity index is 2.12. The van der Waals surface area contributed by atoms with Gasteiger partial charge in [0.2, 0.25) is 0 Å². The summed E-state index contributed by atoms with van der Waals surface area (Å²) in [5.41, 5.74) is 5.68. The van der Waals surface area contributed by atoms with E-state index in [0.29, 0.717) is 10.0 Å². The first kappa shape index (κ1) is 11.3. The third-order valence-electron chi connectivity index (χ3n) is 1.92. The fraction of sp³-hybridized carbons (Fsp3) is 0.100. The van der Waals surface area contributed by atoms with Crippen LogP contribution in [-0.2, 0) is 11.3 Å². The van der Waals surface area contributed by atoms with Crippen LogP contribution in [0.5, 0.6) is 5.75 Å². The van der Waals surface area contributed by atoms with Gasteiger partial charge in [-0.3, -0.25) is 0 Å². The highest BCUT2D eigenvalue weighted by molar-refractivity contribution is 7.14. The molecule has 17 heavy (non-hydrogen) atoms. The topological polar surface area (TPSA) is 98.3 Å². The van der Waals surface area contributed by atoms with E-state index in [0.717, 1.165) is 5.56 Å². The number of amides is 1. The van der Waals surface area contributed by atoms with Crippen molar-refractivity contribution in [3.63, 3.8) is 0 Å². The third-order valence-corrected chi connectivity index (χ3v) is 2.86. The molecule has 2 aromatic rings. The van der Waals surface area contributed by atoms with E-state index in [-0.39, 0.29) is 12.4 Å². The van der Waals surface area contributed by atoms with Crippen LogP contribution in [0.25, 0.3) is 10.6 Å². The predicted molar refractivity (Wildman–Crippen MR) is 61.4 cm³/mol. The molecule has 0 radical (unpaired) electrons. The molecule has 0 bridgehead atoms. The Hall–Kier alpha value is -2.15. The lowest BCUT2D eigenvalue weighted by Crippen LogP contribution is -2.12. The number of hydrogen-bond acceptors (Lipinski definition) is 6. The summed E-state index contributed by atoms with van der Waals surface area (Å²) in [5, 5.41) is 18.2. The summed E-state index contributed by atoms with van der Waals surface area (Å²) >= 11 is 1.30. The highest BCUT2D eigenvalue weighted by atomic mass is 32.1. The van der Waals surface area contributed by atoms with E-state index in [1.54, 1.807) is 24.3 Å². The second-order valence-electron chi connectivity index (χ2n) is 3.16. The van der Waals surface area contributed by atoms with Crippen LogP contribution in [0.1, 0.15) is 5.01 Å². The molecule has 1 amide bonds. The van der Waals surface area contributed by atoms with Gasteiger partial charge in [-0.25, -0.2) is 4.79 Å². The van der Waals surface area contributed by atoms with Gasteiger partial charge in [-0.05, 0) is 24.3 Å². The minimum Gasteiger partial charge on any atom is -0.508 e. The van der Waals surface area contributed by atoms with E-state index in [9.17, 15) is 4.79 Å². The fourth-order valence-electron chi connectivity index (χ4n) is 1.17. The molecule has 0 saturated carbocycles.